The highest BCUT2D eigenvalue weighted by Gasteiger charge is 2.12. The monoisotopic (exact) mass is 379 g/mol. The molecule has 1 heterocycles. The molecule has 0 unspecified atom stereocenters. The third-order valence-electron chi connectivity index (χ3n) is 5.03. The standard InChI is InChI=1S/C23H29N3O2/c1-16(2)23(27)24-13-12-22-25-19-9-5-6-10-20(19)26(22)14-15-28-21-11-7-8-17(3)18(21)4/h5-11,16H,12-15H2,1-4H3,(H,24,27). The van der Waals surface area contributed by atoms with E-state index in [-0.39, 0.29) is 11.8 Å². The van der Waals surface area contributed by atoms with Gasteiger partial charge in [0.1, 0.15) is 18.2 Å². The maximum absolute atomic E-state index is 11.8. The molecule has 0 atom stereocenters. The van der Waals surface area contributed by atoms with Crippen molar-refractivity contribution in [2.45, 2.75) is 40.7 Å². The van der Waals surface area contributed by atoms with E-state index in [4.69, 9.17) is 9.72 Å². The Hall–Kier alpha value is -2.82. The number of rotatable bonds is 8. The number of nitrogens with zero attached hydrogens (tertiary/aromatic N) is 2. The first kappa shape index (κ1) is 19.9. The van der Waals surface area contributed by atoms with Gasteiger partial charge in [0, 0.05) is 18.9 Å². The minimum atomic E-state index is -0.00946. The maximum Gasteiger partial charge on any atom is 0.222 e. The summed E-state index contributed by atoms with van der Waals surface area (Å²) in [7, 11) is 0. The number of aryl methyl sites for hydroxylation is 1. The van der Waals surface area contributed by atoms with Gasteiger partial charge >= 0.3 is 0 Å². The van der Waals surface area contributed by atoms with Gasteiger partial charge in [-0.1, -0.05) is 38.1 Å². The van der Waals surface area contributed by atoms with Crippen LogP contribution in [0.25, 0.3) is 11.0 Å². The van der Waals surface area contributed by atoms with Crippen molar-refractivity contribution in [2.75, 3.05) is 13.2 Å². The van der Waals surface area contributed by atoms with E-state index in [1.807, 2.05) is 44.2 Å². The molecule has 0 saturated carbocycles. The zero-order chi connectivity index (χ0) is 20.1. The Balaban J connectivity index is 1.71. The van der Waals surface area contributed by atoms with E-state index in [1.165, 1.54) is 11.1 Å². The number of benzene rings is 2. The van der Waals surface area contributed by atoms with Crippen molar-refractivity contribution < 1.29 is 9.53 Å². The second kappa shape index (κ2) is 8.91. The van der Waals surface area contributed by atoms with E-state index in [0.717, 1.165) is 22.6 Å². The number of carbonyl (C=O) groups is 1. The fourth-order valence-electron chi connectivity index (χ4n) is 3.19. The molecule has 5 nitrogen and oxygen atoms in total. The number of fused-ring (bicyclic) bond motifs is 1. The van der Waals surface area contributed by atoms with Crippen LogP contribution in [0.1, 0.15) is 30.8 Å². The zero-order valence-corrected chi connectivity index (χ0v) is 17.2. The SMILES string of the molecule is Cc1cccc(OCCn2c(CCNC(=O)C(C)C)nc3ccccc32)c1C. The van der Waals surface area contributed by atoms with Gasteiger partial charge in [0.2, 0.25) is 5.91 Å². The van der Waals surface area contributed by atoms with Crippen LogP contribution in [-0.2, 0) is 17.8 Å². The molecule has 0 bridgehead atoms. The predicted octanol–water partition coefficient (Wildman–Crippen LogP) is 4.05. The number of hydrogen-bond donors (Lipinski definition) is 1. The van der Waals surface area contributed by atoms with Crippen LogP contribution >= 0.6 is 0 Å². The van der Waals surface area contributed by atoms with Crippen LogP contribution in [0.2, 0.25) is 0 Å². The molecule has 0 spiro atoms. The fourth-order valence-corrected chi connectivity index (χ4v) is 3.19. The van der Waals surface area contributed by atoms with Crippen molar-refractivity contribution in [3.63, 3.8) is 0 Å². The summed E-state index contributed by atoms with van der Waals surface area (Å²) in [5, 5.41) is 2.97. The van der Waals surface area contributed by atoms with Crippen LogP contribution in [-0.4, -0.2) is 28.6 Å². The van der Waals surface area contributed by atoms with E-state index < -0.39 is 0 Å². The van der Waals surface area contributed by atoms with Crippen LogP contribution in [0.15, 0.2) is 42.5 Å². The highest BCUT2D eigenvalue weighted by Crippen LogP contribution is 2.21. The number of hydrogen-bond acceptors (Lipinski definition) is 3. The van der Waals surface area contributed by atoms with Crippen LogP contribution < -0.4 is 10.1 Å². The smallest absolute Gasteiger partial charge is 0.222 e. The summed E-state index contributed by atoms with van der Waals surface area (Å²) in [4.78, 5) is 16.6. The van der Waals surface area contributed by atoms with E-state index in [2.05, 4.69) is 35.9 Å². The molecule has 0 aliphatic rings. The highest BCUT2D eigenvalue weighted by molar-refractivity contribution is 5.78. The lowest BCUT2D eigenvalue weighted by Crippen LogP contribution is -2.30. The molecule has 0 radical (unpaired) electrons. The summed E-state index contributed by atoms with van der Waals surface area (Å²) in [6, 6.07) is 14.2. The molecular formula is C23H29N3O2. The molecular weight excluding hydrogens is 350 g/mol. The molecule has 148 valence electrons. The molecule has 2 aromatic carbocycles. The Bertz CT molecular complexity index is 960. The largest absolute Gasteiger partial charge is 0.491 e. The molecule has 3 rings (SSSR count). The number of imidazole rings is 1. The minimum absolute atomic E-state index is 0.00946. The van der Waals surface area contributed by atoms with Gasteiger partial charge in [0.05, 0.1) is 17.6 Å². The highest BCUT2D eigenvalue weighted by atomic mass is 16.5. The topological polar surface area (TPSA) is 56.1 Å². The summed E-state index contributed by atoms with van der Waals surface area (Å²) < 4.78 is 8.25. The van der Waals surface area contributed by atoms with Crippen molar-refractivity contribution in [3.8, 4) is 5.75 Å². The van der Waals surface area contributed by atoms with Crippen molar-refractivity contribution in [3.05, 3.63) is 59.4 Å². The Labute approximate surface area is 166 Å². The Morgan fingerprint density at radius 2 is 1.93 bits per heavy atom. The quantitative estimate of drug-likeness (QED) is 0.642. The summed E-state index contributed by atoms with van der Waals surface area (Å²) in [5.41, 5.74) is 4.47. The molecule has 0 aliphatic heterocycles. The summed E-state index contributed by atoms with van der Waals surface area (Å²) in [6.45, 7) is 9.83. The van der Waals surface area contributed by atoms with Gasteiger partial charge in [-0.15, -0.1) is 0 Å². The Kier molecular flexibility index (Phi) is 6.34. The first-order valence-electron chi connectivity index (χ1n) is 9.88. The minimum Gasteiger partial charge on any atom is -0.491 e. The van der Waals surface area contributed by atoms with Gasteiger partial charge in [0.25, 0.3) is 0 Å². The number of ether oxygens (including phenoxy) is 1. The lowest BCUT2D eigenvalue weighted by Gasteiger charge is -2.13. The third kappa shape index (κ3) is 4.53. The molecule has 3 aromatic rings. The van der Waals surface area contributed by atoms with E-state index in [0.29, 0.717) is 26.1 Å². The number of amides is 1. The van der Waals surface area contributed by atoms with Crippen molar-refractivity contribution in [1.82, 2.24) is 14.9 Å². The first-order chi connectivity index (χ1) is 13.5. The lowest BCUT2D eigenvalue weighted by atomic mass is 10.1. The van der Waals surface area contributed by atoms with Crippen molar-refractivity contribution in [2.24, 2.45) is 5.92 Å². The van der Waals surface area contributed by atoms with Crippen LogP contribution in [0.4, 0.5) is 0 Å². The number of carbonyl (C=O) groups excluding carboxylic acids is 1. The van der Waals surface area contributed by atoms with Crippen LogP contribution in [0.3, 0.4) is 0 Å². The molecule has 0 saturated heterocycles. The second-order valence-electron chi connectivity index (χ2n) is 7.41. The molecule has 28 heavy (non-hydrogen) atoms. The molecule has 0 aliphatic carbocycles. The molecule has 1 aromatic heterocycles. The van der Waals surface area contributed by atoms with Crippen molar-refractivity contribution in [1.29, 1.82) is 0 Å². The van der Waals surface area contributed by atoms with Gasteiger partial charge in [0.15, 0.2) is 0 Å². The van der Waals surface area contributed by atoms with Gasteiger partial charge in [-0.3, -0.25) is 4.79 Å². The van der Waals surface area contributed by atoms with E-state index in [9.17, 15) is 4.79 Å². The third-order valence-corrected chi connectivity index (χ3v) is 5.03. The zero-order valence-electron chi connectivity index (χ0n) is 17.2. The number of nitrogens with one attached hydrogen (secondary N) is 1. The maximum atomic E-state index is 11.8. The average Bonchev–Trinajstić information content (AvgIpc) is 3.02. The fraction of sp³-hybridized carbons (Fsp3) is 0.391. The van der Waals surface area contributed by atoms with Gasteiger partial charge in [-0.05, 0) is 43.2 Å². The van der Waals surface area contributed by atoms with Crippen LogP contribution in [0, 0.1) is 19.8 Å². The van der Waals surface area contributed by atoms with Gasteiger partial charge < -0.3 is 14.6 Å². The average molecular weight is 380 g/mol. The van der Waals surface area contributed by atoms with E-state index >= 15 is 0 Å². The molecule has 1 N–H and O–H groups in total. The summed E-state index contributed by atoms with van der Waals surface area (Å²) >= 11 is 0. The molecule has 1 amide bonds. The lowest BCUT2D eigenvalue weighted by molar-refractivity contribution is -0.123. The number of aromatic nitrogens is 2. The Morgan fingerprint density at radius 3 is 2.71 bits per heavy atom. The van der Waals surface area contributed by atoms with Gasteiger partial charge in [-0.25, -0.2) is 4.98 Å². The molecule has 0 fully saturated rings. The van der Waals surface area contributed by atoms with Crippen molar-refractivity contribution >= 4 is 16.9 Å². The summed E-state index contributed by atoms with van der Waals surface area (Å²) in [6.07, 6.45) is 0.691. The first-order valence-corrected chi connectivity index (χ1v) is 9.88. The second-order valence-corrected chi connectivity index (χ2v) is 7.41. The summed E-state index contributed by atoms with van der Waals surface area (Å²) in [5.74, 6) is 1.95. The Morgan fingerprint density at radius 1 is 1.14 bits per heavy atom. The predicted molar refractivity (Wildman–Crippen MR) is 113 cm³/mol. The normalized spacial score (nSPS) is 11.2. The molecule has 5 heteroatoms. The number of para-hydroxylation sites is 2. The van der Waals surface area contributed by atoms with E-state index in [1.54, 1.807) is 0 Å². The van der Waals surface area contributed by atoms with Crippen LogP contribution in [0.5, 0.6) is 5.75 Å². The van der Waals surface area contributed by atoms with Gasteiger partial charge in [-0.2, -0.15) is 0 Å².